The molecule has 1 aliphatic rings. The van der Waals surface area contributed by atoms with Gasteiger partial charge in [-0.2, -0.15) is 0 Å². The molecular formula is C19H16N2O6S. The van der Waals surface area contributed by atoms with E-state index in [1.54, 1.807) is 19.1 Å². The van der Waals surface area contributed by atoms with Crippen molar-refractivity contribution in [2.75, 3.05) is 11.5 Å². The molecule has 1 N–H and O–H groups in total. The normalized spacial score (nSPS) is 16.3. The topological polar surface area (TPSA) is 114 Å². The summed E-state index contributed by atoms with van der Waals surface area (Å²) in [5, 5.41) is 8.59. The molecule has 0 radical (unpaired) electrons. The summed E-state index contributed by atoms with van der Waals surface area (Å²) in [6.45, 7) is 1.82. The van der Waals surface area contributed by atoms with Crippen LogP contribution in [0.5, 0.6) is 0 Å². The van der Waals surface area contributed by atoms with Gasteiger partial charge in [-0.05, 0) is 31.2 Å². The van der Waals surface area contributed by atoms with Gasteiger partial charge in [0.05, 0.1) is 28.7 Å². The lowest BCUT2D eigenvalue weighted by atomic mass is 10.1. The van der Waals surface area contributed by atoms with E-state index in [2.05, 4.69) is 4.98 Å². The molecule has 144 valence electrons. The number of carboxylic acid groups (broad SMARTS) is 1. The van der Waals surface area contributed by atoms with E-state index in [4.69, 9.17) is 4.74 Å². The highest BCUT2D eigenvalue weighted by Gasteiger charge is 2.42. The fourth-order valence-corrected chi connectivity index (χ4v) is 3.89. The number of ether oxygens (including phenoxy) is 1. The summed E-state index contributed by atoms with van der Waals surface area (Å²) in [5.41, 5.74) is 0.220. The Bertz CT molecular complexity index is 961. The molecule has 9 heteroatoms. The van der Waals surface area contributed by atoms with Crippen molar-refractivity contribution >= 4 is 41.2 Å². The lowest BCUT2D eigenvalue weighted by Crippen LogP contribution is -2.32. The number of hydrogen-bond donors (Lipinski definition) is 1. The molecule has 28 heavy (non-hydrogen) atoms. The maximum absolute atomic E-state index is 12.9. The number of nitrogens with zero attached hydrogens (tertiary/aromatic N) is 2. The van der Waals surface area contributed by atoms with Gasteiger partial charge in [0, 0.05) is 12.6 Å². The number of para-hydroxylation sites is 1. The van der Waals surface area contributed by atoms with Crippen molar-refractivity contribution in [1.82, 2.24) is 4.98 Å². The third-order valence-corrected chi connectivity index (χ3v) is 5.20. The highest BCUT2D eigenvalue weighted by Crippen LogP contribution is 2.35. The number of benzene rings is 1. The van der Waals surface area contributed by atoms with E-state index in [0.29, 0.717) is 0 Å². The predicted molar refractivity (Wildman–Crippen MR) is 100 cm³/mol. The third-order valence-electron chi connectivity index (χ3n) is 4.00. The van der Waals surface area contributed by atoms with Crippen molar-refractivity contribution in [1.29, 1.82) is 0 Å². The molecule has 1 fully saturated rings. The molecule has 0 bridgehead atoms. The van der Waals surface area contributed by atoms with Gasteiger partial charge in [0.1, 0.15) is 5.03 Å². The highest BCUT2D eigenvalue weighted by molar-refractivity contribution is 8.00. The molecule has 0 aliphatic carbocycles. The second-order valence-corrected chi connectivity index (χ2v) is 6.97. The number of carbonyl (C=O) groups excluding carboxylic acids is 3. The first kappa shape index (κ1) is 19.6. The molecule has 0 spiro atoms. The lowest BCUT2D eigenvalue weighted by molar-refractivity contribution is -0.121. The summed E-state index contributed by atoms with van der Waals surface area (Å²) < 4.78 is 4.99. The molecule has 8 nitrogen and oxygen atoms in total. The predicted octanol–water partition coefficient (Wildman–Crippen LogP) is 2.38. The lowest BCUT2D eigenvalue weighted by Gasteiger charge is -2.18. The SMILES string of the molecule is CCOC(=O)c1ccccc1N1C(=O)CC(Sc2ncccc2C(=O)O)C1=O. The van der Waals surface area contributed by atoms with Crippen LogP contribution in [0.1, 0.15) is 34.1 Å². The number of amides is 2. The van der Waals surface area contributed by atoms with Crippen molar-refractivity contribution < 1.29 is 29.0 Å². The highest BCUT2D eigenvalue weighted by atomic mass is 32.2. The fraction of sp³-hybridized carbons (Fsp3) is 0.211. The van der Waals surface area contributed by atoms with Crippen LogP contribution in [0.2, 0.25) is 0 Å². The summed E-state index contributed by atoms with van der Waals surface area (Å²) in [5.74, 6) is -2.81. The zero-order chi connectivity index (χ0) is 20.3. The second kappa shape index (κ2) is 8.22. The van der Waals surface area contributed by atoms with Crippen LogP contribution in [0.15, 0.2) is 47.6 Å². The Balaban J connectivity index is 1.90. The molecule has 0 saturated carbocycles. The van der Waals surface area contributed by atoms with Crippen LogP contribution in [-0.4, -0.2) is 45.7 Å². The zero-order valence-electron chi connectivity index (χ0n) is 14.8. The smallest absolute Gasteiger partial charge is 0.340 e. The maximum atomic E-state index is 12.9. The Morgan fingerprint density at radius 3 is 2.64 bits per heavy atom. The minimum absolute atomic E-state index is 0.0434. The summed E-state index contributed by atoms with van der Waals surface area (Å²) in [6.07, 6.45) is 1.29. The van der Waals surface area contributed by atoms with Crippen LogP contribution in [0.4, 0.5) is 5.69 Å². The number of aromatic nitrogens is 1. The van der Waals surface area contributed by atoms with Crippen molar-refractivity contribution in [2.45, 2.75) is 23.6 Å². The third kappa shape index (κ3) is 3.74. The Morgan fingerprint density at radius 2 is 1.93 bits per heavy atom. The summed E-state index contributed by atoms with van der Waals surface area (Å²) in [6, 6.07) is 9.07. The van der Waals surface area contributed by atoms with Gasteiger partial charge in [-0.15, -0.1) is 0 Å². The van der Waals surface area contributed by atoms with Crippen molar-refractivity contribution in [3.63, 3.8) is 0 Å². The van der Waals surface area contributed by atoms with E-state index in [1.807, 2.05) is 0 Å². The molecule has 3 rings (SSSR count). The monoisotopic (exact) mass is 400 g/mol. The first-order valence-corrected chi connectivity index (χ1v) is 9.30. The van der Waals surface area contributed by atoms with E-state index < -0.39 is 29.0 Å². The standard InChI is InChI=1S/C19H16N2O6S/c1-2-27-19(26)11-6-3-4-8-13(11)21-15(22)10-14(17(21)23)28-16-12(18(24)25)7-5-9-20-16/h3-9,14H,2,10H2,1H3,(H,24,25). The van der Waals surface area contributed by atoms with Gasteiger partial charge in [-0.3, -0.25) is 9.59 Å². The van der Waals surface area contributed by atoms with E-state index in [0.717, 1.165) is 16.7 Å². The second-order valence-electron chi connectivity index (χ2n) is 5.78. The average molecular weight is 400 g/mol. The summed E-state index contributed by atoms with van der Waals surface area (Å²) in [4.78, 5) is 53.9. The zero-order valence-corrected chi connectivity index (χ0v) is 15.6. The van der Waals surface area contributed by atoms with E-state index >= 15 is 0 Å². The van der Waals surface area contributed by atoms with Gasteiger partial charge in [0.2, 0.25) is 11.8 Å². The molecule has 1 aliphatic heterocycles. The van der Waals surface area contributed by atoms with Gasteiger partial charge >= 0.3 is 11.9 Å². The minimum Gasteiger partial charge on any atom is -0.478 e. The molecule has 1 atom stereocenters. The maximum Gasteiger partial charge on any atom is 0.340 e. The number of aromatic carboxylic acids is 1. The number of carbonyl (C=O) groups is 4. The number of imide groups is 1. The number of carboxylic acids is 1. The van der Waals surface area contributed by atoms with Crippen molar-refractivity contribution in [3.05, 3.63) is 53.7 Å². The van der Waals surface area contributed by atoms with Gasteiger partial charge in [0.25, 0.3) is 0 Å². The fourth-order valence-electron chi connectivity index (χ4n) is 2.78. The van der Waals surface area contributed by atoms with Gasteiger partial charge in [-0.1, -0.05) is 23.9 Å². The first-order valence-electron chi connectivity index (χ1n) is 8.42. The van der Waals surface area contributed by atoms with Gasteiger partial charge in [0.15, 0.2) is 0 Å². The molecule has 2 aromatic rings. The van der Waals surface area contributed by atoms with Crippen LogP contribution in [0, 0.1) is 0 Å². The summed E-state index contributed by atoms with van der Waals surface area (Å²) in [7, 11) is 0. The van der Waals surface area contributed by atoms with Crippen LogP contribution in [0.3, 0.4) is 0 Å². The Hall–Kier alpha value is -3.20. The first-order chi connectivity index (χ1) is 13.4. The minimum atomic E-state index is -1.17. The van der Waals surface area contributed by atoms with E-state index in [1.165, 1.54) is 30.5 Å². The van der Waals surface area contributed by atoms with Crippen molar-refractivity contribution in [2.24, 2.45) is 0 Å². The molecular weight excluding hydrogens is 384 g/mol. The number of anilines is 1. The number of thioether (sulfide) groups is 1. The molecule has 2 heterocycles. The van der Waals surface area contributed by atoms with E-state index in [9.17, 15) is 24.3 Å². The van der Waals surface area contributed by atoms with Gasteiger partial charge < -0.3 is 9.84 Å². The Kier molecular flexibility index (Phi) is 5.74. The Morgan fingerprint density at radius 1 is 1.21 bits per heavy atom. The molecule has 1 aromatic heterocycles. The number of esters is 1. The number of rotatable bonds is 6. The molecule has 1 saturated heterocycles. The van der Waals surface area contributed by atoms with Crippen LogP contribution in [0.25, 0.3) is 0 Å². The van der Waals surface area contributed by atoms with Crippen molar-refractivity contribution in [3.8, 4) is 0 Å². The molecule has 1 aromatic carbocycles. The van der Waals surface area contributed by atoms with Crippen LogP contribution < -0.4 is 4.90 Å². The molecule has 1 unspecified atom stereocenters. The largest absolute Gasteiger partial charge is 0.478 e. The van der Waals surface area contributed by atoms with Crippen LogP contribution in [-0.2, 0) is 14.3 Å². The number of hydrogen-bond acceptors (Lipinski definition) is 7. The quantitative estimate of drug-likeness (QED) is 0.581. The number of pyridine rings is 1. The van der Waals surface area contributed by atoms with E-state index in [-0.39, 0.29) is 34.9 Å². The Labute approximate surface area is 164 Å². The summed E-state index contributed by atoms with van der Waals surface area (Å²) >= 11 is 0.921. The van der Waals surface area contributed by atoms with Crippen LogP contribution >= 0.6 is 11.8 Å². The average Bonchev–Trinajstić information content (AvgIpc) is 2.95. The molecule has 2 amide bonds. The van der Waals surface area contributed by atoms with Gasteiger partial charge in [-0.25, -0.2) is 19.5 Å².